The predicted octanol–water partition coefficient (Wildman–Crippen LogP) is 3.04. The highest BCUT2D eigenvalue weighted by atomic mass is 32.2. The molecule has 1 rings (SSSR count). The Labute approximate surface area is 110 Å². The van der Waals surface area contributed by atoms with Crippen molar-refractivity contribution < 1.29 is 14.3 Å². The zero-order valence-corrected chi connectivity index (χ0v) is 11.3. The summed E-state index contributed by atoms with van der Waals surface area (Å²) in [7, 11) is 0. The molecule has 0 N–H and O–H groups in total. The lowest BCUT2D eigenvalue weighted by Gasteiger charge is -2.11. The lowest BCUT2D eigenvalue weighted by molar-refractivity contribution is -0.142. The number of thiocarbonyl (C=S) groups is 1. The average Bonchev–Trinajstić information content (AvgIpc) is 2.30. The van der Waals surface area contributed by atoms with Gasteiger partial charge in [-0.1, -0.05) is 30.0 Å². The van der Waals surface area contributed by atoms with Gasteiger partial charge in [-0.2, -0.15) is 0 Å². The summed E-state index contributed by atoms with van der Waals surface area (Å²) in [6.07, 6.45) is 0. The number of hydrogen-bond acceptors (Lipinski definition) is 5. The standard InChI is InChI=1S/C12H14O3S2/c1-3-14-11(13)9(2)17-12(16)15-10-7-5-4-6-8-10/h4-9H,3H2,1-2H3. The number of thioether (sulfide) groups is 1. The van der Waals surface area contributed by atoms with Crippen LogP contribution in [-0.4, -0.2) is 22.2 Å². The Balaban J connectivity index is 2.42. The summed E-state index contributed by atoms with van der Waals surface area (Å²) in [5.74, 6) is 0.387. The SMILES string of the molecule is CCOC(=O)C(C)SC(=S)Oc1ccccc1. The summed E-state index contributed by atoms with van der Waals surface area (Å²) in [6, 6.07) is 9.23. The van der Waals surface area contributed by atoms with Gasteiger partial charge in [0.25, 0.3) is 0 Å². The van der Waals surface area contributed by atoms with Crippen LogP contribution in [0.25, 0.3) is 0 Å². The molecule has 1 unspecified atom stereocenters. The van der Waals surface area contributed by atoms with Crippen molar-refractivity contribution in [1.82, 2.24) is 0 Å². The van der Waals surface area contributed by atoms with E-state index in [1.54, 1.807) is 13.8 Å². The van der Waals surface area contributed by atoms with Crippen molar-refractivity contribution >= 4 is 34.3 Å². The molecule has 0 spiro atoms. The smallest absolute Gasteiger partial charge is 0.319 e. The van der Waals surface area contributed by atoms with E-state index in [2.05, 4.69) is 0 Å². The lowest BCUT2D eigenvalue weighted by atomic mass is 10.3. The quantitative estimate of drug-likeness (QED) is 0.621. The van der Waals surface area contributed by atoms with Crippen molar-refractivity contribution in [2.45, 2.75) is 19.1 Å². The van der Waals surface area contributed by atoms with Gasteiger partial charge < -0.3 is 9.47 Å². The number of esters is 1. The predicted molar refractivity (Wildman–Crippen MR) is 73.4 cm³/mol. The van der Waals surface area contributed by atoms with Crippen LogP contribution in [0.2, 0.25) is 0 Å². The van der Waals surface area contributed by atoms with Crippen molar-refractivity contribution in [2.75, 3.05) is 6.61 Å². The van der Waals surface area contributed by atoms with E-state index in [0.29, 0.717) is 16.7 Å². The van der Waals surface area contributed by atoms with Gasteiger partial charge in [0, 0.05) is 0 Å². The van der Waals surface area contributed by atoms with E-state index in [1.165, 1.54) is 11.8 Å². The topological polar surface area (TPSA) is 35.5 Å². The zero-order valence-electron chi connectivity index (χ0n) is 9.71. The van der Waals surface area contributed by atoms with Crippen molar-refractivity contribution in [1.29, 1.82) is 0 Å². The number of ether oxygens (including phenoxy) is 2. The monoisotopic (exact) mass is 270 g/mol. The average molecular weight is 270 g/mol. The molecule has 1 atom stereocenters. The van der Waals surface area contributed by atoms with Gasteiger partial charge in [0.1, 0.15) is 11.0 Å². The Hall–Kier alpha value is -1.07. The third kappa shape index (κ3) is 5.19. The van der Waals surface area contributed by atoms with E-state index in [1.807, 2.05) is 30.3 Å². The summed E-state index contributed by atoms with van der Waals surface area (Å²) in [5, 5.41) is -0.355. The van der Waals surface area contributed by atoms with Crippen LogP contribution < -0.4 is 4.74 Å². The van der Waals surface area contributed by atoms with Gasteiger partial charge in [-0.25, -0.2) is 0 Å². The Bertz CT molecular complexity index is 379. The molecular weight excluding hydrogens is 256 g/mol. The largest absolute Gasteiger partial charge is 0.465 e. The summed E-state index contributed by atoms with van der Waals surface area (Å²) in [4.78, 5) is 11.4. The Morgan fingerprint density at radius 1 is 1.41 bits per heavy atom. The lowest BCUT2D eigenvalue weighted by Crippen LogP contribution is -2.19. The number of benzene rings is 1. The normalized spacial score (nSPS) is 11.6. The van der Waals surface area contributed by atoms with Gasteiger partial charge in [0.15, 0.2) is 0 Å². The van der Waals surface area contributed by atoms with Crippen LogP contribution in [0.15, 0.2) is 30.3 Å². The third-order valence-corrected chi connectivity index (χ3v) is 3.03. The third-order valence-electron chi connectivity index (χ3n) is 1.84. The number of carbonyl (C=O) groups is 1. The molecule has 0 aliphatic heterocycles. The Morgan fingerprint density at radius 3 is 2.65 bits per heavy atom. The van der Waals surface area contributed by atoms with E-state index in [0.717, 1.165) is 0 Å². The van der Waals surface area contributed by atoms with Crippen LogP contribution in [0.5, 0.6) is 5.75 Å². The number of rotatable bonds is 4. The van der Waals surface area contributed by atoms with Gasteiger partial charge in [-0.15, -0.1) is 0 Å². The first-order valence-electron chi connectivity index (χ1n) is 5.23. The van der Waals surface area contributed by atoms with Crippen LogP contribution in [0, 0.1) is 0 Å². The fourth-order valence-corrected chi connectivity index (χ4v) is 2.19. The second-order valence-electron chi connectivity index (χ2n) is 3.18. The molecule has 17 heavy (non-hydrogen) atoms. The summed E-state index contributed by atoms with van der Waals surface area (Å²) >= 11 is 6.23. The maximum absolute atomic E-state index is 11.4. The van der Waals surface area contributed by atoms with E-state index >= 15 is 0 Å². The molecule has 0 amide bonds. The van der Waals surface area contributed by atoms with E-state index in [-0.39, 0.29) is 11.2 Å². The van der Waals surface area contributed by atoms with Crippen LogP contribution in [0.1, 0.15) is 13.8 Å². The van der Waals surface area contributed by atoms with Crippen LogP contribution in [-0.2, 0) is 9.53 Å². The molecule has 0 saturated carbocycles. The van der Waals surface area contributed by atoms with Gasteiger partial charge in [-0.05, 0) is 38.2 Å². The van der Waals surface area contributed by atoms with Crippen molar-refractivity contribution in [2.24, 2.45) is 0 Å². The number of hydrogen-bond donors (Lipinski definition) is 0. The van der Waals surface area contributed by atoms with Crippen molar-refractivity contribution in [3.8, 4) is 5.75 Å². The fraction of sp³-hybridized carbons (Fsp3) is 0.333. The highest BCUT2D eigenvalue weighted by Crippen LogP contribution is 2.18. The van der Waals surface area contributed by atoms with E-state index < -0.39 is 0 Å². The van der Waals surface area contributed by atoms with Crippen molar-refractivity contribution in [3.05, 3.63) is 30.3 Å². The second kappa shape index (κ2) is 7.29. The first kappa shape index (κ1) is 14.0. The molecule has 0 heterocycles. The number of carbonyl (C=O) groups excluding carboxylic acids is 1. The molecular formula is C12H14O3S2. The second-order valence-corrected chi connectivity index (χ2v) is 5.12. The van der Waals surface area contributed by atoms with Gasteiger partial charge >= 0.3 is 5.97 Å². The molecule has 92 valence electrons. The van der Waals surface area contributed by atoms with Crippen molar-refractivity contribution in [3.63, 3.8) is 0 Å². The summed E-state index contributed by atoms with van der Waals surface area (Å²) < 4.78 is 10.6. The van der Waals surface area contributed by atoms with Gasteiger partial charge in [-0.3, -0.25) is 4.79 Å². The summed E-state index contributed by atoms with van der Waals surface area (Å²) in [6.45, 7) is 3.88. The first-order valence-corrected chi connectivity index (χ1v) is 6.52. The Morgan fingerprint density at radius 2 is 2.06 bits per heavy atom. The highest BCUT2D eigenvalue weighted by Gasteiger charge is 2.17. The minimum atomic E-state index is -0.355. The molecule has 0 aliphatic carbocycles. The Kier molecular flexibility index (Phi) is 6.00. The molecule has 5 heteroatoms. The maximum Gasteiger partial charge on any atom is 0.319 e. The highest BCUT2D eigenvalue weighted by molar-refractivity contribution is 8.23. The minimum absolute atomic E-state index is 0.281. The fourth-order valence-electron chi connectivity index (χ4n) is 1.06. The molecule has 0 saturated heterocycles. The molecule has 1 aromatic rings. The number of para-hydroxylation sites is 1. The molecule has 0 bridgehead atoms. The van der Waals surface area contributed by atoms with Crippen LogP contribution in [0.4, 0.5) is 0 Å². The molecule has 0 fully saturated rings. The minimum Gasteiger partial charge on any atom is -0.465 e. The first-order chi connectivity index (χ1) is 8.13. The molecule has 0 radical (unpaired) electrons. The van der Waals surface area contributed by atoms with Crippen LogP contribution in [0.3, 0.4) is 0 Å². The maximum atomic E-state index is 11.4. The van der Waals surface area contributed by atoms with E-state index in [9.17, 15) is 4.79 Å². The molecule has 3 nitrogen and oxygen atoms in total. The molecule has 0 aliphatic rings. The van der Waals surface area contributed by atoms with Gasteiger partial charge in [0.05, 0.1) is 6.61 Å². The van der Waals surface area contributed by atoms with E-state index in [4.69, 9.17) is 21.7 Å². The van der Waals surface area contributed by atoms with Gasteiger partial charge in [0.2, 0.25) is 4.38 Å². The van der Waals surface area contributed by atoms with Crippen LogP contribution >= 0.6 is 24.0 Å². The summed E-state index contributed by atoms with van der Waals surface area (Å²) in [5.41, 5.74) is 0. The zero-order chi connectivity index (χ0) is 12.7. The molecule has 1 aromatic carbocycles. The molecule has 0 aromatic heterocycles.